The first-order valence-corrected chi connectivity index (χ1v) is 8.21. The molecule has 0 spiro atoms. The third-order valence-corrected chi connectivity index (χ3v) is 5.40. The van der Waals surface area contributed by atoms with E-state index in [9.17, 15) is 8.42 Å². The smallest absolute Gasteiger partial charge is 0.244 e. The summed E-state index contributed by atoms with van der Waals surface area (Å²) in [5, 5.41) is 8.83. The minimum absolute atomic E-state index is 0.183. The van der Waals surface area contributed by atoms with Crippen LogP contribution in [0.4, 0.5) is 0 Å². The molecule has 1 aromatic carbocycles. The maximum absolute atomic E-state index is 12.8. The van der Waals surface area contributed by atoms with Crippen molar-refractivity contribution in [1.82, 2.24) is 4.31 Å². The molecule has 0 radical (unpaired) electrons. The number of nitrogens with zero attached hydrogens (tertiary/aromatic N) is 1. The number of ether oxygens (including phenoxy) is 1. The number of hydrogen-bond donors (Lipinski definition) is 1. The topological polar surface area (TPSA) is 66.8 Å². The summed E-state index contributed by atoms with van der Waals surface area (Å²) in [5.41, 5.74) is 1.34. The molecule has 0 aliphatic carbocycles. The van der Waals surface area contributed by atoms with Crippen molar-refractivity contribution in [2.24, 2.45) is 0 Å². The highest BCUT2D eigenvalue weighted by atomic mass is 32.2. The monoisotopic (exact) mass is 309 g/mol. The van der Waals surface area contributed by atoms with Gasteiger partial charge >= 0.3 is 0 Å². The van der Waals surface area contributed by atoms with Gasteiger partial charge in [0.1, 0.15) is 6.61 Å². The third kappa shape index (κ3) is 3.44. The van der Waals surface area contributed by atoms with E-state index in [2.05, 4.69) is 11.8 Å². The van der Waals surface area contributed by atoms with Crippen molar-refractivity contribution < 1.29 is 18.3 Å². The van der Waals surface area contributed by atoms with Crippen molar-refractivity contribution >= 4 is 10.0 Å². The molecule has 0 amide bonds. The van der Waals surface area contributed by atoms with Crippen LogP contribution in [0.25, 0.3) is 0 Å². The Balaban J connectivity index is 2.49. The number of rotatable bonds is 2. The third-order valence-electron chi connectivity index (χ3n) is 3.33. The summed E-state index contributed by atoms with van der Waals surface area (Å²) in [5.74, 6) is 5.24. The Labute approximate surface area is 125 Å². The average molecular weight is 309 g/mol. The first-order valence-electron chi connectivity index (χ1n) is 6.77. The highest BCUT2D eigenvalue weighted by Gasteiger charge is 2.32. The van der Waals surface area contributed by atoms with E-state index < -0.39 is 10.0 Å². The fourth-order valence-electron chi connectivity index (χ4n) is 2.30. The molecule has 1 fully saturated rings. The van der Waals surface area contributed by atoms with E-state index in [4.69, 9.17) is 9.84 Å². The van der Waals surface area contributed by atoms with Crippen LogP contribution in [-0.2, 0) is 14.8 Å². The summed E-state index contributed by atoms with van der Waals surface area (Å²) in [7, 11) is -3.62. The standard InChI is InChI=1S/C15H19NO4S/c1-12-5-6-15(14(10-12)4-3-8-17)21(18,19)16-7-9-20-11-13(16)2/h5-6,10,13,17H,7-9,11H2,1-2H3. The largest absolute Gasteiger partial charge is 0.384 e. The minimum atomic E-state index is -3.62. The van der Waals surface area contributed by atoms with Crippen LogP contribution in [0.15, 0.2) is 23.1 Å². The fraction of sp³-hybridized carbons (Fsp3) is 0.467. The van der Waals surface area contributed by atoms with Gasteiger partial charge in [0.2, 0.25) is 10.0 Å². The summed E-state index contributed by atoms with van der Waals surface area (Å²) < 4.78 is 32.4. The maximum Gasteiger partial charge on any atom is 0.244 e. The summed E-state index contributed by atoms with van der Waals surface area (Å²) >= 11 is 0. The van der Waals surface area contributed by atoms with Crippen molar-refractivity contribution in [1.29, 1.82) is 0 Å². The van der Waals surface area contributed by atoms with Crippen LogP contribution in [0.3, 0.4) is 0 Å². The zero-order valence-electron chi connectivity index (χ0n) is 12.2. The molecule has 1 aromatic rings. The van der Waals surface area contributed by atoms with E-state index in [1.165, 1.54) is 4.31 Å². The maximum atomic E-state index is 12.8. The second-order valence-electron chi connectivity index (χ2n) is 5.00. The van der Waals surface area contributed by atoms with Gasteiger partial charge in [-0.3, -0.25) is 0 Å². The average Bonchev–Trinajstić information content (AvgIpc) is 2.45. The van der Waals surface area contributed by atoms with Crippen molar-refractivity contribution in [2.75, 3.05) is 26.4 Å². The summed E-state index contributed by atoms with van der Waals surface area (Å²) in [4.78, 5) is 0.183. The van der Waals surface area contributed by atoms with Crippen LogP contribution in [0.1, 0.15) is 18.1 Å². The molecule has 1 unspecified atom stereocenters. The van der Waals surface area contributed by atoms with Crippen molar-refractivity contribution in [3.8, 4) is 11.8 Å². The molecule has 6 heteroatoms. The Morgan fingerprint density at radius 3 is 2.90 bits per heavy atom. The van der Waals surface area contributed by atoms with E-state index in [1.807, 2.05) is 13.8 Å². The lowest BCUT2D eigenvalue weighted by Crippen LogP contribution is -2.47. The molecule has 114 valence electrons. The van der Waals surface area contributed by atoms with E-state index in [0.717, 1.165) is 5.56 Å². The highest BCUT2D eigenvalue weighted by molar-refractivity contribution is 7.89. The number of aliphatic hydroxyl groups excluding tert-OH is 1. The zero-order chi connectivity index (χ0) is 15.5. The van der Waals surface area contributed by atoms with Crippen LogP contribution >= 0.6 is 0 Å². The second-order valence-corrected chi connectivity index (χ2v) is 6.86. The fourth-order valence-corrected chi connectivity index (χ4v) is 4.03. The van der Waals surface area contributed by atoms with Gasteiger partial charge in [0.15, 0.2) is 0 Å². The van der Waals surface area contributed by atoms with Crippen LogP contribution < -0.4 is 0 Å². The predicted octanol–water partition coefficient (Wildman–Crippen LogP) is 0.748. The van der Waals surface area contributed by atoms with Gasteiger partial charge in [-0.2, -0.15) is 4.31 Å². The molecule has 1 N–H and O–H groups in total. The van der Waals surface area contributed by atoms with Gasteiger partial charge in [-0.25, -0.2) is 8.42 Å². The SMILES string of the molecule is Cc1ccc(S(=O)(=O)N2CCOCC2C)c(C#CCO)c1. The van der Waals surface area contributed by atoms with Crippen molar-refractivity contribution in [3.63, 3.8) is 0 Å². The number of benzene rings is 1. The van der Waals surface area contributed by atoms with Gasteiger partial charge in [-0.05, 0) is 31.5 Å². The van der Waals surface area contributed by atoms with Crippen LogP contribution in [0, 0.1) is 18.8 Å². The normalized spacial score (nSPS) is 19.9. The molecule has 1 atom stereocenters. The number of aryl methyl sites for hydroxylation is 1. The van der Waals surface area contributed by atoms with Crippen LogP contribution in [-0.4, -0.2) is 50.2 Å². The molecule has 1 heterocycles. The van der Waals surface area contributed by atoms with Crippen molar-refractivity contribution in [3.05, 3.63) is 29.3 Å². The quantitative estimate of drug-likeness (QED) is 0.819. The Hall–Kier alpha value is -1.39. The second kappa shape index (κ2) is 6.58. The van der Waals surface area contributed by atoms with Gasteiger partial charge < -0.3 is 9.84 Å². The molecular weight excluding hydrogens is 290 g/mol. The Morgan fingerprint density at radius 1 is 1.48 bits per heavy atom. The van der Waals surface area contributed by atoms with Gasteiger partial charge in [0.25, 0.3) is 0 Å². The molecule has 1 aliphatic heterocycles. The molecule has 0 aromatic heterocycles. The summed E-state index contributed by atoms with van der Waals surface area (Å²) in [6.07, 6.45) is 0. The van der Waals surface area contributed by atoms with Gasteiger partial charge in [-0.1, -0.05) is 17.9 Å². The molecule has 21 heavy (non-hydrogen) atoms. The molecular formula is C15H19NO4S. The Morgan fingerprint density at radius 2 is 2.24 bits per heavy atom. The van der Waals surface area contributed by atoms with Crippen LogP contribution in [0.2, 0.25) is 0 Å². The zero-order valence-corrected chi connectivity index (χ0v) is 13.0. The highest BCUT2D eigenvalue weighted by Crippen LogP contribution is 2.24. The lowest BCUT2D eigenvalue weighted by atomic mass is 10.1. The van der Waals surface area contributed by atoms with Crippen molar-refractivity contribution in [2.45, 2.75) is 24.8 Å². The molecule has 1 saturated heterocycles. The molecule has 2 rings (SSSR count). The number of sulfonamides is 1. The molecule has 5 nitrogen and oxygen atoms in total. The summed E-state index contributed by atoms with van der Waals surface area (Å²) in [6, 6.07) is 4.85. The minimum Gasteiger partial charge on any atom is -0.384 e. The number of aliphatic hydroxyl groups is 1. The Kier molecular flexibility index (Phi) is 5.01. The van der Waals surface area contributed by atoms with Gasteiger partial charge in [-0.15, -0.1) is 0 Å². The van der Waals surface area contributed by atoms with E-state index in [0.29, 0.717) is 25.3 Å². The lowest BCUT2D eigenvalue weighted by Gasteiger charge is -2.32. The number of morpholine rings is 1. The van der Waals surface area contributed by atoms with E-state index in [-0.39, 0.29) is 17.5 Å². The number of hydrogen-bond acceptors (Lipinski definition) is 4. The molecule has 0 bridgehead atoms. The molecule has 1 aliphatic rings. The van der Waals surface area contributed by atoms with Crippen LogP contribution in [0.5, 0.6) is 0 Å². The van der Waals surface area contributed by atoms with E-state index >= 15 is 0 Å². The Bertz CT molecular complexity index is 673. The van der Waals surface area contributed by atoms with Gasteiger partial charge in [0, 0.05) is 18.2 Å². The lowest BCUT2D eigenvalue weighted by molar-refractivity contribution is 0.0392. The van der Waals surface area contributed by atoms with E-state index in [1.54, 1.807) is 18.2 Å². The molecule has 0 saturated carbocycles. The van der Waals surface area contributed by atoms with Gasteiger partial charge in [0.05, 0.1) is 18.1 Å². The first kappa shape index (κ1) is 16.0. The predicted molar refractivity (Wildman–Crippen MR) is 79.3 cm³/mol. The summed E-state index contributed by atoms with van der Waals surface area (Å²) in [6.45, 7) is 4.52. The first-order chi connectivity index (χ1) is 9.96.